The Morgan fingerprint density at radius 2 is 2.04 bits per heavy atom. The molecular weight excluding hydrogens is 296 g/mol. The van der Waals surface area contributed by atoms with Crippen molar-refractivity contribution in [2.24, 2.45) is 0 Å². The van der Waals surface area contributed by atoms with Crippen LogP contribution in [-0.4, -0.2) is 55.5 Å². The third-order valence-electron chi connectivity index (χ3n) is 3.96. The molecule has 1 fully saturated rings. The predicted octanol–water partition coefficient (Wildman–Crippen LogP) is -0.0582. The summed E-state index contributed by atoms with van der Waals surface area (Å²) >= 11 is 0. The highest BCUT2D eigenvalue weighted by atomic mass is 16.2. The van der Waals surface area contributed by atoms with Crippen molar-refractivity contribution < 1.29 is 9.59 Å². The molecule has 0 spiro atoms. The summed E-state index contributed by atoms with van der Waals surface area (Å²) in [6.45, 7) is 4.47. The SMILES string of the molecule is CC1(C)CNC(=O)CN1C(=O)Cc1ccc(-n2cnnn2)cc1. The van der Waals surface area contributed by atoms with Gasteiger partial charge in [-0.15, -0.1) is 5.10 Å². The molecule has 0 aliphatic carbocycles. The van der Waals surface area contributed by atoms with Gasteiger partial charge in [0, 0.05) is 6.54 Å². The minimum atomic E-state index is -0.378. The number of aromatic nitrogens is 4. The monoisotopic (exact) mass is 314 g/mol. The zero-order valence-corrected chi connectivity index (χ0v) is 13.1. The second-order valence-electron chi connectivity index (χ2n) is 6.17. The van der Waals surface area contributed by atoms with Crippen molar-refractivity contribution in [3.63, 3.8) is 0 Å². The summed E-state index contributed by atoms with van der Waals surface area (Å²) < 4.78 is 1.55. The molecule has 0 unspecified atom stereocenters. The minimum absolute atomic E-state index is 0.0555. The van der Waals surface area contributed by atoms with E-state index in [9.17, 15) is 9.59 Å². The maximum Gasteiger partial charge on any atom is 0.239 e. The molecule has 120 valence electrons. The van der Waals surface area contributed by atoms with Gasteiger partial charge in [0.05, 0.1) is 17.6 Å². The third kappa shape index (κ3) is 3.20. The van der Waals surface area contributed by atoms with Gasteiger partial charge in [-0.3, -0.25) is 9.59 Å². The lowest BCUT2D eigenvalue weighted by atomic mass is 9.98. The molecule has 1 aliphatic rings. The molecule has 8 heteroatoms. The third-order valence-corrected chi connectivity index (χ3v) is 3.96. The Kier molecular flexibility index (Phi) is 3.81. The molecule has 1 N–H and O–H groups in total. The molecule has 1 aromatic carbocycles. The quantitative estimate of drug-likeness (QED) is 0.857. The Morgan fingerprint density at radius 1 is 1.30 bits per heavy atom. The van der Waals surface area contributed by atoms with Crippen molar-refractivity contribution in [3.05, 3.63) is 36.2 Å². The minimum Gasteiger partial charge on any atom is -0.352 e. The van der Waals surface area contributed by atoms with E-state index in [-0.39, 0.29) is 30.3 Å². The van der Waals surface area contributed by atoms with Gasteiger partial charge in [0.15, 0.2) is 0 Å². The zero-order chi connectivity index (χ0) is 16.4. The van der Waals surface area contributed by atoms with Gasteiger partial charge >= 0.3 is 0 Å². The predicted molar refractivity (Wildman–Crippen MR) is 81.7 cm³/mol. The van der Waals surface area contributed by atoms with Crippen LogP contribution in [0.4, 0.5) is 0 Å². The Labute approximate surface area is 133 Å². The van der Waals surface area contributed by atoms with Crippen molar-refractivity contribution in [2.75, 3.05) is 13.1 Å². The second kappa shape index (κ2) is 5.79. The van der Waals surface area contributed by atoms with E-state index in [0.717, 1.165) is 11.3 Å². The number of benzene rings is 1. The Hall–Kier alpha value is -2.77. The van der Waals surface area contributed by atoms with Crippen LogP contribution in [0.25, 0.3) is 5.69 Å². The first-order valence-electron chi connectivity index (χ1n) is 7.35. The van der Waals surface area contributed by atoms with Gasteiger partial charge < -0.3 is 10.2 Å². The fourth-order valence-corrected chi connectivity index (χ4v) is 2.57. The molecule has 0 bridgehead atoms. The van der Waals surface area contributed by atoms with E-state index in [1.807, 2.05) is 38.1 Å². The lowest BCUT2D eigenvalue weighted by Gasteiger charge is -2.42. The van der Waals surface area contributed by atoms with Crippen molar-refractivity contribution in [1.82, 2.24) is 30.4 Å². The Balaban J connectivity index is 1.71. The number of piperazine rings is 1. The van der Waals surface area contributed by atoms with Crippen molar-refractivity contribution in [2.45, 2.75) is 25.8 Å². The van der Waals surface area contributed by atoms with E-state index in [2.05, 4.69) is 20.8 Å². The Morgan fingerprint density at radius 3 is 2.70 bits per heavy atom. The van der Waals surface area contributed by atoms with Crippen molar-refractivity contribution >= 4 is 11.8 Å². The van der Waals surface area contributed by atoms with Gasteiger partial charge in [0.1, 0.15) is 12.9 Å². The summed E-state index contributed by atoms with van der Waals surface area (Å²) in [6, 6.07) is 7.44. The molecule has 1 aliphatic heterocycles. The van der Waals surface area contributed by atoms with E-state index in [1.165, 1.54) is 6.33 Å². The van der Waals surface area contributed by atoms with E-state index in [0.29, 0.717) is 6.54 Å². The molecule has 23 heavy (non-hydrogen) atoms. The molecule has 0 radical (unpaired) electrons. The molecule has 0 saturated carbocycles. The van der Waals surface area contributed by atoms with Crippen LogP contribution in [0.3, 0.4) is 0 Å². The van der Waals surface area contributed by atoms with Crippen molar-refractivity contribution in [3.8, 4) is 5.69 Å². The number of carbonyl (C=O) groups excluding carboxylic acids is 2. The summed E-state index contributed by atoms with van der Waals surface area (Å²) in [6.07, 6.45) is 1.77. The number of carbonyl (C=O) groups is 2. The van der Waals surface area contributed by atoms with Gasteiger partial charge in [-0.05, 0) is 42.0 Å². The van der Waals surface area contributed by atoms with Gasteiger partial charge in [0.2, 0.25) is 11.8 Å². The normalized spacial score (nSPS) is 17.0. The number of rotatable bonds is 3. The molecule has 2 heterocycles. The standard InChI is InChI=1S/C15H18N6O2/c1-15(2)9-16-13(22)8-20(15)14(23)7-11-3-5-12(6-4-11)21-10-17-18-19-21/h3-6,10H,7-9H2,1-2H3,(H,16,22). The Bertz CT molecular complexity index is 708. The number of tetrazole rings is 1. The van der Waals surface area contributed by atoms with Crippen LogP contribution in [0.2, 0.25) is 0 Å². The van der Waals surface area contributed by atoms with Gasteiger partial charge in [-0.1, -0.05) is 12.1 Å². The fourth-order valence-electron chi connectivity index (χ4n) is 2.57. The summed E-state index contributed by atoms with van der Waals surface area (Å²) in [5.41, 5.74) is 1.33. The number of nitrogens with one attached hydrogen (secondary N) is 1. The van der Waals surface area contributed by atoms with Crippen molar-refractivity contribution in [1.29, 1.82) is 0 Å². The maximum absolute atomic E-state index is 12.6. The van der Waals surface area contributed by atoms with Crippen LogP contribution >= 0.6 is 0 Å². The van der Waals surface area contributed by atoms with E-state index in [1.54, 1.807) is 9.58 Å². The lowest BCUT2D eigenvalue weighted by molar-refractivity contribution is -0.144. The number of amides is 2. The van der Waals surface area contributed by atoms with Crippen LogP contribution in [0.5, 0.6) is 0 Å². The van der Waals surface area contributed by atoms with Crippen LogP contribution in [0, 0.1) is 0 Å². The van der Waals surface area contributed by atoms with E-state index >= 15 is 0 Å². The number of nitrogens with zero attached hydrogens (tertiary/aromatic N) is 5. The molecule has 8 nitrogen and oxygen atoms in total. The van der Waals surface area contributed by atoms with Gasteiger partial charge in [-0.25, -0.2) is 4.68 Å². The highest BCUT2D eigenvalue weighted by molar-refractivity contribution is 5.87. The molecule has 0 atom stereocenters. The molecule has 2 aromatic rings. The molecule has 3 rings (SSSR count). The first-order valence-corrected chi connectivity index (χ1v) is 7.35. The summed E-state index contributed by atoms with van der Waals surface area (Å²) in [5.74, 6) is -0.174. The topological polar surface area (TPSA) is 93.0 Å². The van der Waals surface area contributed by atoms with Crippen LogP contribution in [0.1, 0.15) is 19.4 Å². The molecule has 1 aromatic heterocycles. The molecule has 1 saturated heterocycles. The first kappa shape index (κ1) is 15.1. The first-order chi connectivity index (χ1) is 11.0. The second-order valence-corrected chi connectivity index (χ2v) is 6.17. The molecular formula is C15H18N6O2. The van der Waals surface area contributed by atoms with E-state index in [4.69, 9.17) is 0 Å². The van der Waals surface area contributed by atoms with Gasteiger partial charge in [0.25, 0.3) is 0 Å². The smallest absolute Gasteiger partial charge is 0.239 e. The highest BCUT2D eigenvalue weighted by Crippen LogP contribution is 2.19. The van der Waals surface area contributed by atoms with Crippen LogP contribution in [0.15, 0.2) is 30.6 Å². The fraction of sp³-hybridized carbons (Fsp3) is 0.400. The summed E-state index contributed by atoms with van der Waals surface area (Å²) in [4.78, 5) is 25.8. The van der Waals surface area contributed by atoms with Gasteiger partial charge in [-0.2, -0.15) is 0 Å². The summed E-state index contributed by atoms with van der Waals surface area (Å²) in [5, 5.41) is 13.8. The summed E-state index contributed by atoms with van der Waals surface area (Å²) in [7, 11) is 0. The zero-order valence-electron chi connectivity index (χ0n) is 13.1. The largest absolute Gasteiger partial charge is 0.352 e. The van der Waals surface area contributed by atoms with E-state index < -0.39 is 0 Å². The van der Waals surface area contributed by atoms with Crippen LogP contribution in [-0.2, 0) is 16.0 Å². The number of hydrogen-bond acceptors (Lipinski definition) is 5. The lowest BCUT2D eigenvalue weighted by Crippen LogP contribution is -2.62. The average Bonchev–Trinajstić information content (AvgIpc) is 3.05. The molecule has 2 amide bonds. The van der Waals surface area contributed by atoms with Crippen LogP contribution < -0.4 is 5.32 Å². The number of hydrogen-bond donors (Lipinski definition) is 1. The maximum atomic E-state index is 12.6. The average molecular weight is 314 g/mol. The highest BCUT2D eigenvalue weighted by Gasteiger charge is 2.36.